The molecule has 1 aliphatic carbocycles. The highest BCUT2D eigenvalue weighted by molar-refractivity contribution is 6.31. The van der Waals surface area contributed by atoms with Crippen molar-refractivity contribution in [1.82, 2.24) is 5.32 Å². The Labute approximate surface area is 153 Å². The van der Waals surface area contributed by atoms with Gasteiger partial charge in [-0.25, -0.2) is 0 Å². The molecule has 0 aromatic heterocycles. The first-order valence-corrected chi connectivity index (χ1v) is 8.53. The van der Waals surface area contributed by atoms with Crippen LogP contribution >= 0.6 is 11.6 Å². The zero-order chi connectivity index (χ0) is 18.9. The fraction of sp³-hybridized carbons (Fsp3) is 0.316. The summed E-state index contributed by atoms with van der Waals surface area (Å²) < 4.78 is 39.0. The number of carbonyl (C=O) groups is 1. The van der Waals surface area contributed by atoms with Gasteiger partial charge in [-0.15, -0.1) is 0 Å². The first-order chi connectivity index (χ1) is 12.3. The lowest BCUT2D eigenvalue weighted by Crippen LogP contribution is -2.30. The lowest BCUT2D eigenvalue weighted by Gasteiger charge is -2.18. The first kappa shape index (κ1) is 18.7. The molecular weight excluding hydrogens is 367 g/mol. The second-order valence-electron chi connectivity index (χ2n) is 6.32. The van der Waals surface area contributed by atoms with Crippen molar-refractivity contribution in [3.05, 3.63) is 70.2 Å². The Kier molecular flexibility index (Phi) is 5.25. The van der Waals surface area contributed by atoms with Gasteiger partial charge in [0.25, 0.3) is 0 Å². The molecule has 26 heavy (non-hydrogen) atoms. The lowest BCUT2D eigenvalue weighted by atomic mass is 10.0. The molecule has 3 nitrogen and oxygen atoms in total. The van der Waals surface area contributed by atoms with E-state index < -0.39 is 17.8 Å². The summed E-state index contributed by atoms with van der Waals surface area (Å²) in [5.74, 6) is -0.568. The van der Waals surface area contributed by atoms with E-state index in [2.05, 4.69) is 5.32 Å². The molecule has 2 N–H and O–H groups in total. The smallest absolute Gasteiger partial charge is 0.387 e. The number of hydrogen-bond acceptors (Lipinski definition) is 2. The van der Waals surface area contributed by atoms with Crippen molar-refractivity contribution in [3.8, 4) is 0 Å². The van der Waals surface area contributed by atoms with Crippen LogP contribution < -0.4 is 5.32 Å². The molecule has 2 aromatic rings. The maximum atomic E-state index is 13.0. The molecule has 0 spiro atoms. The highest BCUT2D eigenvalue weighted by Crippen LogP contribution is 2.49. The molecule has 7 heteroatoms. The van der Waals surface area contributed by atoms with Gasteiger partial charge < -0.3 is 10.4 Å². The number of alkyl halides is 3. The molecule has 1 saturated carbocycles. The monoisotopic (exact) mass is 383 g/mol. The maximum absolute atomic E-state index is 13.0. The fourth-order valence-corrected chi connectivity index (χ4v) is 3.36. The van der Waals surface area contributed by atoms with Crippen LogP contribution in [0.3, 0.4) is 0 Å². The zero-order valence-corrected chi connectivity index (χ0v) is 14.4. The van der Waals surface area contributed by atoms with Gasteiger partial charge in [0.05, 0.1) is 11.7 Å². The van der Waals surface area contributed by atoms with Gasteiger partial charge in [-0.3, -0.25) is 4.79 Å². The Balaban J connectivity index is 1.60. The van der Waals surface area contributed by atoms with Crippen molar-refractivity contribution in [2.75, 3.05) is 6.54 Å². The summed E-state index contributed by atoms with van der Waals surface area (Å²) in [6.45, 7) is -0.280. The number of amides is 1. The molecule has 2 aromatic carbocycles. The highest BCUT2D eigenvalue weighted by atomic mass is 35.5. The van der Waals surface area contributed by atoms with Crippen LogP contribution in [0.5, 0.6) is 0 Å². The molecule has 1 amide bonds. The van der Waals surface area contributed by atoms with Gasteiger partial charge in [0.1, 0.15) is 0 Å². The van der Waals surface area contributed by atoms with Crippen molar-refractivity contribution in [3.63, 3.8) is 0 Å². The summed E-state index contributed by atoms with van der Waals surface area (Å²) in [6, 6.07) is 12.1. The molecule has 3 atom stereocenters. The van der Waals surface area contributed by atoms with Gasteiger partial charge in [-0.05, 0) is 35.6 Å². The van der Waals surface area contributed by atoms with Gasteiger partial charge in [-0.1, -0.05) is 48.0 Å². The Bertz CT molecular complexity index is 809. The van der Waals surface area contributed by atoms with Gasteiger partial charge in [0.2, 0.25) is 5.91 Å². The molecule has 0 aliphatic heterocycles. The Morgan fingerprint density at radius 2 is 1.85 bits per heavy atom. The van der Waals surface area contributed by atoms with Gasteiger partial charge in [-0.2, -0.15) is 13.2 Å². The minimum absolute atomic E-state index is 0.00306. The molecule has 0 heterocycles. The van der Waals surface area contributed by atoms with Crippen molar-refractivity contribution in [2.45, 2.75) is 24.6 Å². The predicted octanol–water partition coefficient (Wildman–Crippen LogP) is 4.31. The molecule has 0 unspecified atom stereocenters. The summed E-state index contributed by atoms with van der Waals surface area (Å²) >= 11 is 6.12. The average molecular weight is 384 g/mol. The van der Waals surface area contributed by atoms with Crippen molar-refractivity contribution >= 4 is 17.5 Å². The number of aliphatic hydroxyl groups is 1. The lowest BCUT2D eigenvalue weighted by molar-refractivity contribution is -0.139. The molecule has 0 radical (unpaired) electrons. The van der Waals surface area contributed by atoms with Gasteiger partial charge in [0, 0.05) is 17.5 Å². The predicted molar refractivity (Wildman–Crippen MR) is 91.7 cm³/mol. The molecule has 1 aliphatic rings. The normalized spacial score (nSPS) is 20.5. The van der Waals surface area contributed by atoms with Crippen LogP contribution in [0.1, 0.15) is 35.1 Å². The Hall–Kier alpha value is -2.05. The average Bonchev–Trinajstić information content (AvgIpc) is 3.39. The minimum atomic E-state index is -4.56. The van der Waals surface area contributed by atoms with E-state index in [0.717, 1.165) is 11.6 Å². The Morgan fingerprint density at radius 1 is 1.19 bits per heavy atom. The third-order valence-electron chi connectivity index (χ3n) is 4.53. The van der Waals surface area contributed by atoms with Gasteiger partial charge in [0.15, 0.2) is 0 Å². The second-order valence-corrected chi connectivity index (χ2v) is 6.72. The maximum Gasteiger partial charge on any atom is 0.416 e. The number of carbonyl (C=O) groups excluding carboxylic acids is 1. The summed E-state index contributed by atoms with van der Waals surface area (Å²) in [4.78, 5) is 12.2. The Morgan fingerprint density at radius 3 is 2.54 bits per heavy atom. The number of rotatable bonds is 5. The second kappa shape index (κ2) is 7.29. The SMILES string of the molecule is O=C(NC[C@H](O)c1ccccc1C(F)(F)F)[C@H]1C[C@H]1c1ccccc1Cl. The number of benzene rings is 2. The van der Waals surface area contributed by atoms with Crippen molar-refractivity contribution < 1.29 is 23.1 Å². The van der Waals surface area contributed by atoms with Crippen LogP contribution in [0.25, 0.3) is 0 Å². The van der Waals surface area contributed by atoms with Crippen molar-refractivity contribution in [2.24, 2.45) is 5.92 Å². The van der Waals surface area contributed by atoms with E-state index >= 15 is 0 Å². The third kappa shape index (κ3) is 4.02. The molecule has 138 valence electrons. The van der Waals surface area contributed by atoms with E-state index in [1.165, 1.54) is 18.2 Å². The fourth-order valence-electron chi connectivity index (χ4n) is 3.09. The van der Waals surface area contributed by atoms with Crippen LogP contribution in [0.2, 0.25) is 5.02 Å². The van der Waals surface area contributed by atoms with Crippen LogP contribution in [-0.4, -0.2) is 17.6 Å². The van der Waals surface area contributed by atoms with E-state index in [1.807, 2.05) is 12.1 Å². The highest BCUT2D eigenvalue weighted by Gasteiger charge is 2.44. The van der Waals surface area contributed by atoms with E-state index in [-0.39, 0.29) is 29.9 Å². The molecule has 3 rings (SSSR count). The number of aliphatic hydroxyl groups excluding tert-OH is 1. The van der Waals surface area contributed by atoms with Gasteiger partial charge >= 0.3 is 6.18 Å². The summed E-state index contributed by atoms with van der Waals surface area (Å²) in [5, 5.41) is 13.2. The number of halogens is 4. The number of nitrogens with one attached hydrogen (secondary N) is 1. The topological polar surface area (TPSA) is 49.3 Å². The summed E-state index contributed by atoms with van der Waals surface area (Å²) in [7, 11) is 0. The minimum Gasteiger partial charge on any atom is -0.387 e. The van der Waals surface area contributed by atoms with Crippen LogP contribution in [-0.2, 0) is 11.0 Å². The summed E-state index contributed by atoms with van der Waals surface area (Å²) in [5.41, 5.74) is -0.266. The van der Waals surface area contributed by atoms with E-state index in [1.54, 1.807) is 12.1 Å². The molecule has 0 bridgehead atoms. The van der Waals surface area contributed by atoms with E-state index in [9.17, 15) is 23.1 Å². The van der Waals surface area contributed by atoms with E-state index in [4.69, 9.17) is 11.6 Å². The largest absolute Gasteiger partial charge is 0.416 e. The quantitative estimate of drug-likeness (QED) is 0.808. The summed E-state index contributed by atoms with van der Waals surface area (Å²) in [6.07, 6.45) is -5.37. The van der Waals surface area contributed by atoms with Crippen LogP contribution in [0, 0.1) is 5.92 Å². The van der Waals surface area contributed by atoms with Crippen LogP contribution in [0.15, 0.2) is 48.5 Å². The number of hydrogen-bond donors (Lipinski definition) is 2. The first-order valence-electron chi connectivity index (χ1n) is 8.15. The van der Waals surface area contributed by atoms with E-state index in [0.29, 0.717) is 11.4 Å². The molecule has 1 fully saturated rings. The molecule has 0 saturated heterocycles. The van der Waals surface area contributed by atoms with Crippen molar-refractivity contribution in [1.29, 1.82) is 0 Å². The standard InChI is InChI=1S/C19H17ClF3NO2/c20-16-8-4-2-5-11(16)13-9-14(13)18(26)24-10-17(25)12-6-1-3-7-15(12)19(21,22)23/h1-8,13-14,17,25H,9-10H2,(H,24,26)/t13-,14-,17-/m0/s1. The zero-order valence-electron chi connectivity index (χ0n) is 13.6. The molecular formula is C19H17ClF3NO2. The third-order valence-corrected chi connectivity index (χ3v) is 4.87. The van der Waals surface area contributed by atoms with Crippen LogP contribution in [0.4, 0.5) is 13.2 Å².